The Bertz CT molecular complexity index is 854. The summed E-state index contributed by atoms with van der Waals surface area (Å²) in [4.78, 5) is 2.41. The second kappa shape index (κ2) is 8.78. The molecule has 3 rings (SSSR count). The van der Waals surface area contributed by atoms with Crippen LogP contribution in [-0.4, -0.2) is 33.0 Å². The minimum absolute atomic E-state index is 0.0118. The molecule has 5 nitrogen and oxygen atoms in total. The highest BCUT2D eigenvalue weighted by Crippen LogP contribution is 2.22. The van der Waals surface area contributed by atoms with E-state index >= 15 is 0 Å². The van der Waals surface area contributed by atoms with Gasteiger partial charge in [-0.05, 0) is 69.5 Å². The number of hydrogen-bond donors (Lipinski definition) is 1. The summed E-state index contributed by atoms with van der Waals surface area (Å²) in [5, 5.41) is 0.608. The zero-order valence-corrected chi connectivity index (χ0v) is 17.4. The van der Waals surface area contributed by atoms with Gasteiger partial charge in [-0.2, -0.15) is 0 Å². The molecule has 0 spiro atoms. The van der Waals surface area contributed by atoms with Crippen LogP contribution in [0.4, 0.5) is 0 Å². The van der Waals surface area contributed by atoms with Crippen molar-refractivity contribution in [3.63, 3.8) is 0 Å². The van der Waals surface area contributed by atoms with E-state index in [9.17, 15) is 8.42 Å². The van der Waals surface area contributed by atoms with Gasteiger partial charge in [0.2, 0.25) is 10.0 Å². The standard InChI is InChI=1S/C20H27ClN2O3S/c1-15-11-19(16(2)26-15)13-23-9-7-17(8-10-23)12-22-27(24,25)14-18-3-5-20(21)6-4-18/h3-6,11,17,22H,7-10,12-14H2,1-2H3. The number of likely N-dealkylation sites (tertiary alicyclic amines) is 1. The van der Waals surface area contributed by atoms with Crippen LogP contribution in [0.15, 0.2) is 34.7 Å². The highest BCUT2D eigenvalue weighted by Gasteiger charge is 2.22. The SMILES string of the molecule is Cc1cc(CN2CCC(CNS(=O)(=O)Cc3ccc(Cl)cc3)CC2)c(C)o1. The van der Waals surface area contributed by atoms with Crippen molar-refractivity contribution in [2.45, 2.75) is 39.0 Å². The van der Waals surface area contributed by atoms with Crippen molar-refractivity contribution in [1.29, 1.82) is 0 Å². The molecule has 2 aromatic rings. The smallest absolute Gasteiger partial charge is 0.215 e. The predicted octanol–water partition coefficient (Wildman–Crippen LogP) is 3.88. The molecule has 0 radical (unpaired) electrons. The topological polar surface area (TPSA) is 62.6 Å². The maximum Gasteiger partial charge on any atom is 0.215 e. The Morgan fingerprint density at radius 1 is 1.19 bits per heavy atom. The molecule has 27 heavy (non-hydrogen) atoms. The molecular weight excluding hydrogens is 384 g/mol. The molecule has 1 fully saturated rings. The fourth-order valence-electron chi connectivity index (χ4n) is 3.53. The summed E-state index contributed by atoms with van der Waals surface area (Å²) < 4.78 is 33.0. The van der Waals surface area contributed by atoms with Gasteiger partial charge in [0, 0.05) is 23.7 Å². The molecule has 0 amide bonds. The number of piperidine rings is 1. The number of nitrogens with zero attached hydrogens (tertiary/aromatic N) is 1. The van der Waals surface area contributed by atoms with Gasteiger partial charge in [0.15, 0.2) is 0 Å². The van der Waals surface area contributed by atoms with Crippen LogP contribution in [0.25, 0.3) is 0 Å². The number of aryl methyl sites for hydroxylation is 2. The van der Waals surface area contributed by atoms with Crippen molar-refractivity contribution in [2.75, 3.05) is 19.6 Å². The van der Waals surface area contributed by atoms with Gasteiger partial charge in [0.05, 0.1) is 5.75 Å². The quantitative estimate of drug-likeness (QED) is 0.752. The van der Waals surface area contributed by atoms with Crippen LogP contribution < -0.4 is 4.72 Å². The summed E-state index contributed by atoms with van der Waals surface area (Å²) in [6.07, 6.45) is 2.00. The van der Waals surface area contributed by atoms with Crippen molar-refractivity contribution in [2.24, 2.45) is 5.92 Å². The Hall–Kier alpha value is -1.34. The number of rotatable bonds is 7. The first-order chi connectivity index (χ1) is 12.8. The number of furan rings is 1. The zero-order chi connectivity index (χ0) is 19.4. The van der Waals surface area contributed by atoms with E-state index in [1.54, 1.807) is 24.3 Å². The Kier molecular flexibility index (Phi) is 6.63. The van der Waals surface area contributed by atoms with Crippen LogP contribution in [0.5, 0.6) is 0 Å². The maximum atomic E-state index is 12.3. The molecule has 0 saturated carbocycles. The van der Waals surface area contributed by atoms with Gasteiger partial charge < -0.3 is 4.42 Å². The molecule has 2 heterocycles. The fraction of sp³-hybridized carbons (Fsp3) is 0.500. The van der Waals surface area contributed by atoms with E-state index in [2.05, 4.69) is 15.7 Å². The molecule has 0 unspecified atom stereocenters. The summed E-state index contributed by atoms with van der Waals surface area (Å²) in [6, 6.07) is 9.03. The van der Waals surface area contributed by atoms with Crippen LogP contribution in [-0.2, 0) is 22.3 Å². The lowest BCUT2D eigenvalue weighted by Gasteiger charge is -2.31. The van der Waals surface area contributed by atoms with Crippen molar-refractivity contribution in [1.82, 2.24) is 9.62 Å². The monoisotopic (exact) mass is 410 g/mol. The Balaban J connectivity index is 1.43. The highest BCUT2D eigenvalue weighted by atomic mass is 35.5. The lowest BCUT2D eigenvalue weighted by atomic mass is 9.97. The van der Waals surface area contributed by atoms with Gasteiger partial charge in [0.25, 0.3) is 0 Å². The van der Waals surface area contributed by atoms with E-state index in [-0.39, 0.29) is 5.75 Å². The van der Waals surface area contributed by atoms with Crippen LogP contribution in [0, 0.1) is 19.8 Å². The fourth-order valence-corrected chi connectivity index (χ4v) is 4.87. The summed E-state index contributed by atoms with van der Waals surface area (Å²) in [5.41, 5.74) is 1.99. The molecule has 0 aliphatic carbocycles. The summed E-state index contributed by atoms with van der Waals surface area (Å²) in [5.74, 6) is 2.31. The Labute approximate surface area is 166 Å². The molecule has 1 N–H and O–H groups in total. The Morgan fingerprint density at radius 3 is 2.44 bits per heavy atom. The maximum absolute atomic E-state index is 12.3. The van der Waals surface area contributed by atoms with Crippen molar-refractivity contribution in [3.8, 4) is 0 Å². The average Bonchev–Trinajstić information content (AvgIpc) is 2.93. The first kappa shape index (κ1) is 20.4. The van der Waals surface area contributed by atoms with E-state index in [1.807, 2.05) is 13.8 Å². The molecule has 7 heteroatoms. The van der Waals surface area contributed by atoms with Gasteiger partial charge in [0.1, 0.15) is 11.5 Å². The highest BCUT2D eigenvalue weighted by molar-refractivity contribution is 7.88. The number of halogens is 1. The number of nitrogens with one attached hydrogen (secondary N) is 1. The lowest BCUT2D eigenvalue weighted by Crippen LogP contribution is -2.38. The molecule has 0 bridgehead atoms. The third-order valence-corrected chi connectivity index (χ3v) is 6.68. The van der Waals surface area contributed by atoms with Gasteiger partial charge >= 0.3 is 0 Å². The molecule has 0 atom stereocenters. The number of sulfonamides is 1. The third-order valence-electron chi connectivity index (χ3n) is 5.11. The molecule has 1 aromatic heterocycles. The predicted molar refractivity (Wildman–Crippen MR) is 108 cm³/mol. The molecule has 1 saturated heterocycles. The van der Waals surface area contributed by atoms with E-state index < -0.39 is 10.0 Å². The minimum atomic E-state index is -3.33. The second-order valence-corrected chi connectivity index (χ2v) is 9.64. The lowest BCUT2D eigenvalue weighted by molar-refractivity contribution is 0.178. The normalized spacial score (nSPS) is 16.7. The Morgan fingerprint density at radius 2 is 1.85 bits per heavy atom. The van der Waals surface area contributed by atoms with E-state index in [1.165, 1.54) is 5.56 Å². The average molecular weight is 411 g/mol. The summed E-state index contributed by atoms with van der Waals surface area (Å²) in [7, 11) is -3.33. The molecule has 148 valence electrons. The van der Waals surface area contributed by atoms with E-state index in [0.717, 1.165) is 49.6 Å². The van der Waals surface area contributed by atoms with Gasteiger partial charge in [-0.1, -0.05) is 23.7 Å². The first-order valence-corrected chi connectivity index (χ1v) is 11.3. The van der Waals surface area contributed by atoms with Gasteiger partial charge in [-0.25, -0.2) is 13.1 Å². The van der Waals surface area contributed by atoms with Crippen molar-refractivity contribution in [3.05, 3.63) is 58.0 Å². The summed E-state index contributed by atoms with van der Waals surface area (Å²) >= 11 is 5.84. The second-order valence-electron chi connectivity index (χ2n) is 7.39. The number of benzene rings is 1. The third kappa shape index (κ3) is 6.07. The van der Waals surface area contributed by atoms with Crippen LogP contribution >= 0.6 is 11.6 Å². The van der Waals surface area contributed by atoms with Crippen molar-refractivity contribution >= 4 is 21.6 Å². The minimum Gasteiger partial charge on any atom is -0.466 e. The first-order valence-electron chi connectivity index (χ1n) is 9.31. The number of hydrogen-bond acceptors (Lipinski definition) is 4. The molecular formula is C20H27ClN2O3S. The van der Waals surface area contributed by atoms with Gasteiger partial charge in [-0.15, -0.1) is 0 Å². The molecule has 1 aliphatic heterocycles. The van der Waals surface area contributed by atoms with E-state index in [0.29, 0.717) is 17.5 Å². The zero-order valence-electron chi connectivity index (χ0n) is 15.9. The molecule has 1 aromatic carbocycles. The van der Waals surface area contributed by atoms with Crippen molar-refractivity contribution < 1.29 is 12.8 Å². The largest absolute Gasteiger partial charge is 0.466 e. The molecule has 1 aliphatic rings. The summed E-state index contributed by atoms with van der Waals surface area (Å²) in [6.45, 7) is 7.34. The van der Waals surface area contributed by atoms with Crippen LogP contribution in [0.1, 0.15) is 35.5 Å². The van der Waals surface area contributed by atoms with Gasteiger partial charge in [-0.3, -0.25) is 4.90 Å². The van der Waals surface area contributed by atoms with Crippen LogP contribution in [0.2, 0.25) is 5.02 Å². The van der Waals surface area contributed by atoms with Crippen LogP contribution in [0.3, 0.4) is 0 Å². The van der Waals surface area contributed by atoms with E-state index in [4.69, 9.17) is 16.0 Å².